The van der Waals surface area contributed by atoms with Crippen LogP contribution in [0.1, 0.15) is 43.9 Å². The normalized spacial score (nSPS) is 28.3. The van der Waals surface area contributed by atoms with Crippen molar-refractivity contribution in [3.63, 3.8) is 0 Å². The minimum Gasteiger partial charge on any atom is -0.445 e. The standard InChI is InChI=1S/C25H28Cl2N2O2/c1-25(2)13-18-4-3-16(17-5-6-20(26)21(27)12-17)11-19(18)23(25)28-24(30)31-22-14-29-9-7-15(22)8-10-29/h3-6,11-12,15,22-23H,7-10,13-14H2,1-2H3,(H,28,30)/t22-,23?/m1/s1. The van der Waals surface area contributed by atoms with E-state index in [9.17, 15) is 4.79 Å². The smallest absolute Gasteiger partial charge is 0.407 e. The summed E-state index contributed by atoms with van der Waals surface area (Å²) in [4.78, 5) is 15.3. The minimum atomic E-state index is -0.301. The molecule has 0 radical (unpaired) electrons. The lowest BCUT2D eigenvalue weighted by Crippen LogP contribution is -2.53. The van der Waals surface area contributed by atoms with Gasteiger partial charge >= 0.3 is 6.09 Å². The van der Waals surface area contributed by atoms with Gasteiger partial charge in [-0.1, -0.05) is 55.2 Å². The molecule has 2 aromatic carbocycles. The van der Waals surface area contributed by atoms with E-state index < -0.39 is 0 Å². The van der Waals surface area contributed by atoms with Gasteiger partial charge in [-0.05, 0) is 84.1 Å². The fourth-order valence-electron chi connectivity index (χ4n) is 5.50. The molecule has 0 saturated carbocycles. The highest BCUT2D eigenvalue weighted by Gasteiger charge is 2.42. The molecule has 6 rings (SSSR count). The number of alkyl carbamates (subject to hydrolysis) is 1. The molecule has 2 atom stereocenters. The summed E-state index contributed by atoms with van der Waals surface area (Å²) in [7, 11) is 0. The lowest BCUT2D eigenvalue weighted by Gasteiger charge is -2.44. The molecule has 6 heteroatoms. The first kappa shape index (κ1) is 21.1. The zero-order valence-corrected chi connectivity index (χ0v) is 19.5. The molecule has 0 spiro atoms. The molecule has 4 nitrogen and oxygen atoms in total. The number of carbonyl (C=O) groups is 1. The van der Waals surface area contributed by atoms with E-state index in [1.54, 1.807) is 0 Å². The lowest BCUT2D eigenvalue weighted by atomic mass is 9.85. The average molecular weight is 459 g/mol. The van der Waals surface area contributed by atoms with Crippen LogP contribution in [0, 0.1) is 11.3 Å². The average Bonchev–Trinajstić information content (AvgIpc) is 3.00. The van der Waals surface area contributed by atoms with Crippen LogP contribution in [-0.2, 0) is 11.2 Å². The van der Waals surface area contributed by atoms with E-state index in [0.717, 1.165) is 55.6 Å². The molecule has 1 amide bonds. The van der Waals surface area contributed by atoms with Gasteiger partial charge in [0.15, 0.2) is 0 Å². The molecule has 0 aromatic heterocycles. The van der Waals surface area contributed by atoms with Gasteiger partial charge in [-0.25, -0.2) is 4.79 Å². The third-order valence-electron chi connectivity index (χ3n) is 7.25. The van der Waals surface area contributed by atoms with Crippen molar-refractivity contribution in [2.75, 3.05) is 19.6 Å². The van der Waals surface area contributed by atoms with E-state index in [-0.39, 0.29) is 23.7 Å². The summed E-state index contributed by atoms with van der Waals surface area (Å²) in [5, 5.41) is 4.29. The topological polar surface area (TPSA) is 41.6 Å². The van der Waals surface area contributed by atoms with E-state index >= 15 is 0 Å². The van der Waals surface area contributed by atoms with Gasteiger partial charge in [0.05, 0.1) is 16.1 Å². The molecule has 3 aliphatic heterocycles. The van der Waals surface area contributed by atoms with Crippen LogP contribution in [0.5, 0.6) is 0 Å². The summed E-state index contributed by atoms with van der Waals surface area (Å²) in [5.74, 6) is 0.501. The molecular weight excluding hydrogens is 431 g/mol. The number of nitrogens with one attached hydrogen (secondary N) is 1. The first-order valence-corrected chi connectivity index (χ1v) is 11.8. The number of ether oxygens (including phenoxy) is 1. The third kappa shape index (κ3) is 4.06. The molecule has 3 saturated heterocycles. The maximum Gasteiger partial charge on any atom is 0.407 e. The molecule has 1 aliphatic carbocycles. The van der Waals surface area contributed by atoms with Gasteiger partial charge < -0.3 is 10.1 Å². The molecule has 3 fully saturated rings. The van der Waals surface area contributed by atoms with Gasteiger partial charge in [0.1, 0.15) is 6.10 Å². The number of piperidine rings is 3. The Kier molecular flexibility index (Phi) is 5.44. The van der Waals surface area contributed by atoms with Crippen molar-refractivity contribution in [1.82, 2.24) is 10.2 Å². The minimum absolute atomic E-state index is 0.00836. The van der Waals surface area contributed by atoms with E-state index in [2.05, 4.69) is 42.3 Å². The maximum atomic E-state index is 12.9. The van der Waals surface area contributed by atoms with Crippen LogP contribution >= 0.6 is 23.2 Å². The quantitative estimate of drug-likeness (QED) is 0.603. The maximum absolute atomic E-state index is 12.9. The van der Waals surface area contributed by atoms with Crippen LogP contribution in [-0.4, -0.2) is 36.7 Å². The fourth-order valence-corrected chi connectivity index (χ4v) is 5.80. The second-order valence-corrected chi connectivity index (χ2v) is 10.7. The third-order valence-corrected chi connectivity index (χ3v) is 7.99. The zero-order chi connectivity index (χ0) is 21.8. The predicted molar refractivity (Wildman–Crippen MR) is 125 cm³/mol. The van der Waals surface area contributed by atoms with Gasteiger partial charge in [0, 0.05) is 6.54 Å². The molecule has 4 aliphatic rings. The van der Waals surface area contributed by atoms with Crippen molar-refractivity contribution in [3.8, 4) is 11.1 Å². The van der Waals surface area contributed by atoms with Crippen molar-refractivity contribution in [2.24, 2.45) is 11.3 Å². The van der Waals surface area contributed by atoms with Crippen molar-refractivity contribution >= 4 is 29.3 Å². The first-order valence-electron chi connectivity index (χ1n) is 11.1. The van der Waals surface area contributed by atoms with Crippen molar-refractivity contribution in [1.29, 1.82) is 0 Å². The highest BCUT2D eigenvalue weighted by atomic mass is 35.5. The Morgan fingerprint density at radius 2 is 1.77 bits per heavy atom. The van der Waals surface area contributed by atoms with Crippen LogP contribution < -0.4 is 5.32 Å². The Morgan fingerprint density at radius 1 is 1.06 bits per heavy atom. The summed E-state index contributed by atoms with van der Waals surface area (Å²) in [6.45, 7) is 7.53. The Hall–Kier alpha value is -1.75. The lowest BCUT2D eigenvalue weighted by molar-refractivity contribution is -0.0348. The van der Waals surface area contributed by atoms with E-state index in [1.165, 1.54) is 5.56 Å². The summed E-state index contributed by atoms with van der Waals surface area (Å²) in [6, 6.07) is 12.0. The molecule has 1 unspecified atom stereocenters. The highest BCUT2D eigenvalue weighted by molar-refractivity contribution is 6.42. The summed E-state index contributed by atoms with van der Waals surface area (Å²) in [6.07, 6.45) is 2.87. The number of rotatable bonds is 3. The number of nitrogens with zero attached hydrogens (tertiary/aromatic N) is 1. The Morgan fingerprint density at radius 3 is 2.45 bits per heavy atom. The molecule has 164 valence electrons. The van der Waals surface area contributed by atoms with E-state index in [4.69, 9.17) is 27.9 Å². The van der Waals surface area contributed by atoms with Crippen LogP contribution in [0.25, 0.3) is 11.1 Å². The first-order chi connectivity index (χ1) is 14.8. The number of carbonyl (C=O) groups excluding carboxylic acids is 1. The van der Waals surface area contributed by atoms with Gasteiger partial charge in [0.25, 0.3) is 0 Å². The van der Waals surface area contributed by atoms with Crippen LogP contribution in [0.3, 0.4) is 0 Å². The second kappa shape index (κ2) is 7.99. The number of fused-ring (bicyclic) bond motifs is 4. The van der Waals surface area contributed by atoms with Gasteiger partial charge in [-0.15, -0.1) is 0 Å². The second-order valence-electron chi connectivity index (χ2n) is 9.87. The summed E-state index contributed by atoms with van der Waals surface area (Å²) < 4.78 is 5.92. The fraction of sp³-hybridized carbons (Fsp3) is 0.480. The van der Waals surface area contributed by atoms with E-state index in [0.29, 0.717) is 16.0 Å². The van der Waals surface area contributed by atoms with Crippen LogP contribution in [0.4, 0.5) is 4.79 Å². The Balaban J connectivity index is 1.37. The Labute approximate surface area is 193 Å². The van der Waals surface area contributed by atoms with Crippen molar-refractivity contribution in [3.05, 3.63) is 57.6 Å². The molecule has 3 heterocycles. The number of hydrogen-bond donors (Lipinski definition) is 1. The van der Waals surface area contributed by atoms with Gasteiger partial charge in [-0.3, -0.25) is 4.90 Å². The Bertz CT molecular complexity index is 1010. The number of halogens is 2. The predicted octanol–water partition coefficient (Wildman–Crippen LogP) is 6.10. The number of benzene rings is 2. The monoisotopic (exact) mass is 458 g/mol. The van der Waals surface area contributed by atoms with Crippen LogP contribution in [0.15, 0.2) is 36.4 Å². The van der Waals surface area contributed by atoms with E-state index in [1.807, 2.05) is 18.2 Å². The molecular formula is C25H28Cl2N2O2. The van der Waals surface area contributed by atoms with Gasteiger partial charge in [-0.2, -0.15) is 0 Å². The molecule has 1 N–H and O–H groups in total. The summed E-state index contributed by atoms with van der Waals surface area (Å²) >= 11 is 12.3. The molecule has 2 bridgehead atoms. The number of hydrogen-bond acceptors (Lipinski definition) is 3. The van der Waals surface area contributed by atoms with Crippen molar-refractivity contribution < 1.29 is 9.53 Å². The number of amides is 1. The summed E-state index contributed by atoms with van der Waals surface area (Å²) in [5.41, 5.74) is 4.40. The van der Waals surface area contributed by atoms with Gasteiger partial charge in [0.2, 0.25) is 0 Å². The highest BCUT2D eigenvalue weighted by Crippen LogP contribution is 2.46. The zero-order valence-electron chi connectivity index (χ0n) is 18.0. The SMILES string of the molecule is CC1(C)Cc2ccc(-c3ccc(Cl)c(Cl)c3)cc2C1NC(=O)O[C@@H]1CN2CCC1CC2. The molecule has 31 heavy (non-hydrogen) atoms. The van der Waals surface area contributed by atoms with Crippen LogP contribution in [0.2, 0.25) is 10.0 Å². The van der Waals surface area contributed by atoms with Crippen molar-refractivity contribution in [2.45, 2.75) is 45.3 Å². The molecule has 2 aromatic rings. The largest absolute Gasteiger partial charge is 0.445 e.